The van der Waals surface area contributed by atoms with Gasteiger partial charge in [-0.3, -0.25) is 4.90 Å². The van der Waals surface area contributed by atoms with Gasteiger partial charge in [-0.25, -0.2) is 0 Å². The first-order chi connectivity index (χ1) is 10.5. The Labute approximate surface area is 132 Å². The lowest BCUT2D eigenvalue weighted by molar-refractivity contribution is -0.0769. The third-order valence-electron chi connectivity index (χ3n) is 4.05. The number of hydrogen-bond donors (Lipinski definition) is 1. The van der Waals surface area contributed by atoms with Gasteiger partial charge in [-0.1, -0.05) is 18.2 Å². The summed E-state index contributed by atoms with van der Waals surface area (Å²) in [6, 6.07) is 5.34. The van der Waals surface area contributed by atoms with Crippen molar-refractivity contribution in [3.63, 3.8) is 0 Å². The van der Waals surface area contributed by atoms with Gasteiger partial charge in [-0.2, -0.15) is 0 Å². The Bertz CT molecular complexity index is 543. The highest BCUT2D eigenvalue weighted by atomic mass is 16.5. The minimum atomic E-state index is -0.713. The molecule has 0 saturated carbocycles. The molecule has 0 amide bonds. The highest BCUT2D eigenvalue weighted by Gasteiger charge is 2.47. The maximum atomic E-state index is 11.0. The summed E-state index contributed by atoms with van der Waals surface area (Å²) in [7, 11) is 1.60. The normalized spacial score (nSPS) is 22.6. The fraction of sp³-hybridized carbons (Fsp3) is 0.444. The van der Waals surface area contributed by atoms with E-state index >= 15 is 0 Å². The van der Waals surface area contributed by atoms with Gasteiger partial charge in [0.1, 0.15) is 23.2 Å². The van der Waals surface area contributed by atoms with Crippen LogP contribution in [0.5, 0.6) is 11.5 Å². The summed E-state index contributed by atoms with van der Waals surface area (Å²) < 4.78 is 11.6. The number of methoxy groups -OCH3 is 1. The Morgan fingerprint density at radius 2 is 1.95 bits per heavy atom. The summed E-state index contributed by atoms with van der Waals surface area (Å²) >= 11 is 0. The summed E-state index contributed by atoms with van der Waals surface area (Å²) in [6.07, 6.45) is 2.93. The van der Waals surface area contributed by atoms with E-state index in [1.807, 2.05) is 44.2 Å². The molecule has 2 rings (SSSR count). The molecule has 1 aromatic rings. The van der Waals surface area contributed by atoms with Gasteiger partial charge in [0.05, 0.1) is 18.7 Å². The van der Waals surface area contributed by atoms with Crippen LogP contribution in [0, 0.1) is 0 Å². The van der Waals surface area contributed by atoms with Crippen molar-refractivity contribution in [2.24, 2.45) is 0 Å². The molecule has 1 heterocycles. The Morgan fingerprint density at radius 1 is 1.32 bits per heavy atom. The van der Waals surface area contributed by atoms with E-state index in [9.17, 15) is 5.11 Å². The number of aliphatic hydroxyl groups is 1. The minimum Gasteiger partial charge on any atom is -0.496 e. The van der Waals surface area contributed by atoms with Gasteiger partial charge in [0.2, 0.25) is 0 Å². The van der Waals surface area contributed by atoms with Crippen molar-refractivity contribution in [1.29, 1.82) is 0 Å². The van der Waals surface area contributed by atoms with Crippen molar-refractivity contribution < 1.29 is 14.6 Å². The maximum Gasteiger partial charge on any atom is 0.129 e. The predicted octanol–water partition coefficient (Wildman–Crippen LogP) is 2.94. The van der Waals surface area contributed by atoms with Crippen LogP contribution in [0.2, 0.25) is 0 Å². The van der Waals surface area contributed by atoms with Gasteiger partial charge >= 0.3 is 0 Å². The second-order valence-corrected chi connectivity index (χ2v) is 6.00. The molecule has 0 saturated heterocycles. The van der Waals surface area contributed by atoms with E-state index in [0.29, 0.717) is 30.2 Å². The van der Waals surface area contributed by atoms with Gasteiger partial charge in [0, 0.05) is 13.1 Å². The van der Waals surface area contributed by atoms with E-state index in [-0.39, 0.29) is 6.04 Å². The van der Waals surface area contributed by atoms with Crippen LogP contribution in [0.4, 0.5) is 0 Å². The third kappa shape index (κ3) is 2.89. The fourth-order valence-electron chi connectivity index (χ4n) is 3.24. The topological polar surface area (TPSA) is 41.9 Å². The fourth-order valence-corrected chi connectivity index (χ4v) is 3.24. The first-order valence-electron chi connectivity index (χ1n) is 7.46. The molecule has 2 atom stereocenters. The molecule has 1 aliphatic rings. The van der Waals surface area contributed by atoms with E-state index < -0.39 is 11.7 Å². The Kier molecular flexibility index (Phi) is 4.94. The SMILES string of the molecule is C=CCN(CC=C)C1C(O)c2c(OC)cccc2OC1(C)C. The van der Waals surface area contributed by atoms with Crippen LogP contribution in [0.15, 0.2) is 43.5 Å². The first kappa shape index (κ1) is 16.6. The van der Waals surface area contributed by atoms with Gasteiger partial charge in [-0.05, 0) is 26.0 Å². The molecule has 4 heteroatoms. The highest BCUT2D eigenvalue weighted by molar-refractivity contribution is 5.49. The molecule has 0 radical (unpaired) electrons. The second kappa shape index (κ2) is 6.55. The summed E-state index contributed by atoms with van der Waals surface area (Å²) in [6.45, 7) is 12.9. The number of benzene rings is 1. The number of rotatable bonds is 6. The van der Waals surface area contributed by atoms with Crippen molar-refractivity contribution in [3.8, 4) is 11.5 Å². The number of nitrogens with zero attached hydrogens (tertiary/aromatic N) is 1. The van der Waals surface area contributed by atoms with Crippen molar-refractivity contribution in [2.45, 2.75) is 31.6 Å². The van der Waals surface area contributed by atoms with Crippen molar-refractivity contribution >= 4 is 0 Å². The zero-order chi connectivity index (χ0) is 16.3. The average molecular weight is 303 g/mol. The molecule has 22 heavy (non-hydrogen) atoms. The molecule has 0 aliphatic carbocycles. The van der Waals surface area contributed by atoms with Crippen molar-refractivity contribution in [2.75, 3.05) is 20.2 Å². The summed E-state index contributed by atoms with van der Waals surface area (Å²) in [5.74, 6) is 1.31. The maximum absolute atomic E-state index is 11.0. The standard InChI is InChI=1S/C18H25NO3/c1-6-11-19(12-7-2)17-16(20)15-13(21-5)9-8-10-14(15)22-18(17,3)4/h6-10,16-17,20H,1-2,11-12H2,3-5H3. The van der Waals surface area contributed by atoms with E-state index in [2.05, 4.69) is 18.1 Å². The molecular formula is C18H25NO3. The third-order valence-corrected chi connectivity index (χ3v) is 4.05. The molecular weight excluding hydrogens is 278 g/mol. The van der Waals surface area contributed by atoms with Crippen LogP contribution in [0.25, 0.3) is 0 Å². The molecule has 2 unspecified atom stereocenters. The average Bonchev–Trinajstić information content (AvgIpc) is 2.45. The Morgan fingerprint density at radius 3 is 2.50 bits per heavy atom. The van der Waals surface area contributed by atoms with Crippen molar-refractivity contribution in [3.05, 3.63) is 49.1 Å². The van der Waals surface area contributed by atoms with Crippen LogP contribution >= 0.6 is 0 Å². The summed E-state index contributed by atoms with van der Waals surface area (Å²) in [5, 5.41) is 11.0. The molecule has 0 bridgehead atoms. The number of ether oxygens (including phenoxy) is 2. The smallest absolute Gasteiger partial charge is 0.129 e. The van der Waals surface area contributed by atoms with Crippen LogP contribution < -0.4 is 9.47 Å². The van der Waals surface area contributed by atoms with E-state index in [1.165, 1.54) is 0 Å². The lowest BCUT2D eigenvalue weighted by Crippen LogP contribution is -2.58. The van der Waals surface area contributed by atoms with Crippen LogP contribution in [0.1, 0.15) is 25.5 Å². The van der Waals surface area contributed by atoms with Gasteiger partial charge < -0.3 is 14.6 Å². The molecule has 0 fully saturated rings. The molecule has 1 N–H and O–H groups in total. The van der Waals surface area contributed by atoms with E-state index in [0.717, 1.165) is 0 Å². The van der Waals surface area contributed by atoms with Crippen LogP contribution in [-0.4, -0.2) is 41.8 Å². The quantitative estimate of drug-likeness (QED) is 0.821. The molecule has 0 spiro atoms. The highest BCUT2D eigenvalue weighted by Crippen LogP contribution is 2.46. The van der Waals surface area contributed by atoms with Gasteiger partial charge in [-0.15, -0.1) is 13.2 Å². The molecule has 1 aromatic carbocycles. The summed E-state index contributed by atoms with van der Waals surface area (Å²) in [4.78, 5) is 2.11. The minimum absolute atomic E-state index is 0.229. The lowest BCUT2D eigenvalue weighted by atomic mass is 9.84. The van der Waals surface area contributed by atoms with Gasteiger partial charge in [0.25, 0.3) is 0 Å². The Balaban J connectivity index is 2.50. The molecule has 120 valence electrons. The number of aliphatic hydroxyl groups excluding tert-OH is 1. The predicted molar refractivity (Wildman–Crippen MR) is 88.4 cm³/mol. The van der Waals surface area contributed by atoms with Crippen LogP contribution in [0.3, 0.4) is 0 Å². The zero-order valence-electron chi connectivity index (χ0n) is 13.6. The molecule has 1 aliphatic heterocycles. The molecule has 4 nitrogen and oxygen atoms in total. The second-order valence-electron chi connectivity index (χ2n) is 6.00. The van der Waals surface area contributed by atoms with E-state index in [1.54, 1.807) is 7.11 Å². The number of hydrogen-bond acceptors (Lipinski definition) is 4. The van der Waals surface area contributed by atoms with E-state index in [4.69, 9.17) is 9.47 Å². The molecule has 0 aromatic heterocycles. The first-order valence-corrected chi connectivity index (χ1v) is 7.46. The lowest BCUT2D eigenvalue weighted by Gasteiger charge is -2.48. The zero-order valence-corrected chi connectivity index (χ0v) is 13.6. The van der Waals surface area contributed by atoms with Gasteiger partial charge in [0.15, 0.2) is 0 Å². The monoisotopic (exact) mass is 303 g/mol. The summed E-state index contributed by atoms with van der Waals surface area (Å²) in [5.41, 5.74) is 0.151. The largest absolute Gasteiger partial charge is 0.496 e. The Hall–Kier alpha value is -1.78. The van der Waals surface area contributed by atoms with Crippen LogP contribution in [-0.2, 0) is 0 Å². The number of fused-ring (bicyclic) bond motifs is 1. The van der Waals surface area contributed by atoms with Crippen molar-refractivity contribution in [1.82, 2.24) is 4.90 Å².